The second-order valence-electron chi connectivity index (χ2n) is 6.20. The maximum Gasteiger partial charge on any atom is 0.265 e. The number of carbonyl (C=O) groups is 1. The van der Waals surface area contributed by atoms with Gasteiger partial charge >= 0.3 is 0 Å². The summed E-state index contributed by atoms with van der Waals surface area (Å²) in [5, 5.41) is 12.7. The minimum Gasteiger partial charge on any atom is -0.478 e. The normalized spacial score (nSPS) is 14.7. The van der Waals surface area contributed by atoms with E-state index >= 15 is 0 Å². The van der Waals surface area contributed by atoms with Gasteiger partial charge in [-0.25, -0.2) is 8.78 Å². The number of fused-ring (bicyclic) bond motifs is 1. The van der Waals surface area contributed by atoms with E-state index in [0.717, 1.165) is 54.7 Å². The predicted octanol–water partition coefficient (Wildman–Crippen LogP) is 4.57. The lowest BCUT2D eigenvalue weighted by Gasteiger charge is -2.14. The molecule has 1 atom stereocenters. The number of halogens is 2. The number of nitrogens with zero attached hydrogens (tertiary/aromatic N) is 1. The van der Waals surface area contributed by atoms with Crippen molar-refractivity contribution in [1.82, 2.24) is 0 Å². The number of hydrogen-bond acceptors (Lipinski definition) is 4. The molecule has 0 aliphatic heterocycles. The van der Waals surface area contributed by atoms with Crippen LogP contribution in [0.15, 0.2) is 18.2 Å². The van der Waals surface area contributed by atoms with Crippen molar-refractivity contribution in [2.24, 2.45) is 0 Å². The fourth-order valence-corrected chi connectivity index (χ4v) is 4.22. The molecule has 0 saturated heterocycles. The van der Waals surface area contributed by atoms with Crippen LogP contribution in [0.25, 0.3) is 0 Å². The molecule has 1 aliphatic carbocycles. The zero-order valence-corrected chi connectivity index (χ0v) is 15.1. The van der Waals surface area contributed by atoms with Gasteiger partial charge in [-0.15, -0.1) is 11.3 Å². The van der Waals surface area contributed by atoms with E-state index in [0.29, 0.717) is 16.6 Å². The molecule has 0 fully saturated rings. The summed E-state index contributed by atoms with van der Waals surface area (Å²) >= 11 is 1.42. The Morgan fingerprint density at radius 1 is 1.31 bits per heavy atom. The predicted molar refractivity (Wildman–Crippen MR) is 95.4 cm³/mol. The van der Waals surface area contributed by atoms with Gasteiger partial charge in [0.15, 0.2) is 17.7 Å². The highest BCUT2D eigenvalue weighted by molar-refractivity contribution is 7.16. The lowest BCUT2D eigenvalue weighted by molar-refractivity contribution is -0.122. The van der Waals surface area contributed by atoms with Gasteiger partial charge in [-0.05, 0) is 50.3 Å². The van der Waals surface area contributed by atoms with Gasteiger partial charge in [0.05, 0.1) is 5.56 Å². The highest BCUT2D eigenvalue weighted by Gasteiger charge is 2.23. The highest BCUT2D eigenvalue weighted by Crippen LogP contribution is 2.37. The van der Waals surface area contributed by atoms with Crippen molar-refractivity contribution in [2.75, 3.05) is 5.32 Å². The maximum absolute atomic E-state index is 13.7. The van der Waals surface area contributed by atoms with Gasteiger partial charge in [0.2, 0.25) is 0 Å². The van der Waals surface area contributed by atoms with E-state index in [1.807, 2.05) is 0 Å². The maximum atomic E-state index is 13.7. The van der Waals surface area contributed by atoms with Crippen molar-refractivity contribution in [3.8, 4) is 11.8 Å². The van der Waals surface area contributed by atoms with E-state index in [1.165, 1.54) is 18.3 Å². The average Bonchev–Trinajstić information content (AvgIpc) is 2.76. The molecule has 1 aromatic heterocycles. The molecule has 136 valence electrons. The molecule has 1 heterocycles. The first-order valence-corrected chi connectivity index (χ1v) is 9.28. The first-order valence-electron chi connectivity index (χ1n) is 8.46. The third-order valence-electron chi connectivity index (χ3n) is 4.34. The summed E-state index contributed by atoms with van der Waals surface area (Å²) in [6.07, 6.45) is 4.02. The number of carbonyl (C=O) groups excluding carboxylic acids is 1. The van der Waals surface area contributed by atoms with Crippen LogP contribution in [0.2, 0.25) is 0 Å². The molecule has 7 heteroatoms. The Morgan fingerprint density at radius 3 is 2.81 bits per heavy atom. The number of thiophene rings is 1. The van der Waals surface area contributed by atoms with Gasteiger partial charge in [0.1, 0.15) is 16.9 Å². The van der Waals surface area contributed by atoms with Gasteiger partial charge in [0.25, 0.3) is 5.91 Å². The van der Waals surface area contributed by atoms with Crippen LogP contribution in [0.4, 0.5) is 13.8 Å². The van der Waals surface area contributed by atoms with Crippen LogP contribution >= 0.6 is 11.3 Å². The fourth-order valence-electron chi connectivity index (χ4n) is 2.98. The summed E-state index contributed by atoms with van der Waals surface area (Å²) in [4.78, 5) is 13.6. The smallest absolute Gasteiger partial charge is 0.265 e. The lowest BCUT2D eigenvalue weighted by Crippen LogP contribution is -2.30. The van der Waals surface area contributed by atoms with Gasteiger partial charge < -0.3 is 10.1 Å². The second-order valence-corrected chi connectivity index (χ2v) is 7.31. The van der Waals surface area contributed by atoms with E-state index in [9.17, 15) is 18.8 Å². The van der Waals surface area contributed by atoms with E-state index in [4.69, 9.17) is 4.74 Å². The Hall–Kier alpha value is -2.46. The molecule has 1 N–H and O–H groups in total. The Bertz CT molecular complexity index is 873. The van der Waals surface area contributed by atoms with Gasteiger partial charge in [-0.1, -0.05) is 6.42 Å². The van der Waals surface area contributed by atoms with Crippen LogP contribution in [0.3, 0.4) is 0 Å². The topological polar surface area (TPSA) is 62.1 Å². The summed E-state index contributed by atoms with van der Waals surface area (Å²) < 4.78 is 31.9. The summed E-state index contributed by atoms with van der Waals surface area (Å²) in [6.45, 7) is 1.47. The van der Waals surface area contributed by atoms with Crippen LogP contribution in [0, 0.1) is 23.0 Å². The molecule has 0 saturated carbocycles. The van der Waals surface area contributed by atoms with Crippen molar-refractivity contribution in [2.45, 2.75) is 45.1 Å². The van der Waals surface area contributed by atoms with E-state index < -0.39 is 23.6 Å². The summed E-state index contributed by atoms with van der Waals surface area (Å²) in [6, 6.07) is 5.10. The monoisotopic (exact) mass is 376 g/mol. The molecular formula is C19H18F2N2O2S. The van der Waals surface area contributed by atoms with Crippen LogP contribution < -0.4 is 10.1 Å². The molecule has 1 aliphatic rings. The molecule has 0 bridgehead atoms. The van der Waals surface area contributed by atoms with E-state index in [2.05, 4.69) is 11.4 Å². The third kappa shape index (κ3) is 3.86. The Kier molecular flexibility index (Phi) is 5.52. The number of hydrogen-bond donors (Lipinski definition) is 1. The van der Waals surface area contributed by atoms with E-state index in [1.54, 1.807) is 0 Å². The number of rotatable bonds is 4. The van der Waals surface area contributed by atoms with Crippen molar-refractivity contribution >= 4 is 22.2 Å². The number of amides is 1. The number of benzene rings is 1. The first-order chi connectivity index (χ1) is 12.5. The molecule has 26 heavy (non-hydrogen) atoms. The summed E-state index contributed by atoms with van der Waals surface area (Å²) in [5.74, 6) is -2.27. The molecule has 3 rings (SSSR count). The lowest BCUT2D eigenvalue weighted by atomic mass is 10.1. The molecule has 2 aromatic rings. The average molecular weight is 376 g/mol. The fraction of sp³-hybridized carbons (Fsp3) is 0.368. The van der Waals surface area contributed by atoms with Gasteiger partial charge in [-0.3, -0.25) is 4.79 Å². The zero-order valence-electron chi connectivity index (χ0n) is 14.3. The second kappa shape index (κ2) is 7.83. The van der Waals surface area contributed by atoms with Crippen molar-refractivity contribution in [3.05, 3.63) is 45.8 Å². The largest absolute Gasteiger partial charge is 0.478 e. The number of aryl methyl sites for hydroxylation is 1. The SMILES string of the molecule is CC(Oc1ccc(F)cc1F)C(=O)Nc1sc2c(c1C#N)CCCCC2. The minimum absolute atomic E-state index is 0.198. The van der Waals surface area contributed by atoms with Crippen molar-refractivity contribution in [3.63, 3.8) is 0 Å². The Balaban J connectivity index is 1.74. The number of ether oxygens (including phenoxy) is 1. The zero-order chi connectivity index (χ0) is 18.7. The number of anilines is 1. The summed E-state index contributed by atoms with van der Waals surface area (Å²) in [7, 11) is 0. The van der Waals surface area contributed by atoms with Crippen LogP contribution in [0.5, 0.6) is 5.75 Å². The van der Waals surface area contributed by atoms with Crippen molar-refractivity contribution < 1.29 is 18.3 Å². The van der Waals surface area contributed by atoms with Crippen LogP contribution in [0.1, 0.15) is 42.2 Å². The molecule has 1 unspecified atom stereocenters. The molecular weight excluding hydrogens is 358 g/mol. The summed E-state index contributed by atoms with van der Waals surface area (Å²) in [5.41, 5.74) is 1.55. The third-order valence-corrected chi connectivity index (χ3v) is 5.54. The molecule has 1 amide bonds. The van der Waals surface area contributed by atoms with Gasteiger partial charge in [0, 0.05) is 10.9 Å². The molecule has 4 nitrogen and oxygen atoms in total. The number of nitrogens with one attached hydrogen (secondary N) is 1. The van der Waals surface area contributed by atoms with Crippen LogP contribution in [-0.4, -0.2) is 12.0 Å². The molecule has 0 spiro atoms. The van der Waals surface area contributed by atoms with Gasteiger partial charge in [-0.2, -0.15) is 5.26 Å². The Morgan fingerprint density at radius 2 is 2.08 bits per heavy atom. The number of nitriles is 1. The molecule has 1 aromatic carbocycles. The minimum atomic E-state index is -0.997. The molecule has 0 radical (unpaired) electrons. The standard InChI is InChI=1S/C19H18F2N2O2S/c1-11(25-16-8-7-12(20)9-15(16)21)18(24)23-19-14(10-22)13-5-3-2-4-6-17(13)26-19/h7-9,11H,2-6H2,1H3,(H,23,24). The van der Waals surface area contributed by atoms with E-state index in [-0.39, 0.29) is 5.75 Å². The van der Waals surface area contributed by atoms with Crippen molar-refractivity contribution in [1.29, 1.82) is 5.26 Å². The quantitative estimate of drug-likeness (QED) is 0.795. The highest BCUT2D eigenvalue weighted by atomic mass is 32.1. The van der Waals surface area contributed by atoms with Crippen LogP contribution in [-0.2, 0) is 17.6 Å². The first kappa shape index (κ1) is 18.3. The Labute approximate surface area is 154 Å².